The van der Waals surface area contributed by atoms with Crippen LogP contribution in [0.25, 0.3) is 0 Å². The van der Waals surface area contributed by atoms with Gasteiger partial charge in [-0.05, 0) is 38.2 Å². The summed E-state index contributed by atoms with van der Waals surface area (Å²) in [5, 5.41) is 6.61. The minimum atomic E-state index is 0.210. The summed E-state index contributed by atoms with van der Waals surface area (Å²) in [4.78, 5) is 22.7. The van der Waals surface area contributed by atoms with Crippen LogP contribution in [0.2, 0.25) is 0 Å². The quantitative estimate of drug-likeness (QED) is 0.716. The Balaban J connectivity index is 1.73. The fourth-order valence-electron chi connectivity index (χ4n) is 3.07. The van der Waals surface area contributed by atoms with E-state index in [0.717, 1.165) is 50.8 Å². The van der Waals surface area contributed by atoms with Crippen molar-refractivity contribution in [2.75, 3.05) is 24.3 Å². The van der Waals surface area contributed by atoms with Crippen LogP contribution in [0.5, 0.6) is 0 Å². The molecule has 0 bridgehead atoms. The van der Waals surface area contributed by atoms with Crippen LogP contribution in [0.4, 0.5) is 11.8 Å². The van der Waals surface area contributed by atoms with Crippen LogP contribution in [-0.4, -0.2) is 42.1 Å². The first-order valence-corrected chi connectivity index (χ1v) is 9.14. The molecule has 0 radical (unpaired) electrons. The molecule has 0 aliphatic heterocycles. The van der Waals surface area contributed by atoms with Gasteiger partial charge in [-0.15, -0.1) is 0 Å². The molecule has 1 aliphatic rings. The number of anilines is 2. The predicted molar refractivity (Wildman–Crippen MR) is 98.3 cm³/mol. The van der Waals surface area contributed by atoms with Crippen molar-refractivity contribution in [3.8, 4) is 0 Å². The number of hydrogen-bond acceptors (Lipinski definition) is 5. The third kappa shape index (κ3) is 5.98. The molecular formula is C18H31N5O. The largest absolute Gasteiger partial charge is 0.363 e. The van der Waals surface area contributed by atoms with Gasteiger partial charge >= 0.3 is 0 Å². The van der Waals surface area contributed by atoms with Gasteiger partial charge in [-0.3, -0.25) is 4.79 Å². The average molecular weight is 333 g/mol. The van der Waals surface area contributed by atoms with Crippen molar-refractivity contribution in [1.82, 2.24) is 15.3 Å². The van der Waals surface area contributed by atoms with Crippen LogP contribution in [-0.2, 0) is 4.79 Å². The third-order valence-corrected chi connectivity index (χ3v) is 4.53. The molecular weight excluding hydrogens is 302 g/mol. The molecule has 2 N–H and O–H groups in total. The minimum absolute atomic E-state index is 0.210. The first-order valence-electron chi connectivity index (χ1n) is 9.14. The summed E-state index contributed by atoms with van der Waals surface area (Å²) in [5.74, 6) is 1.80. The van der Waals surface area contributed by atoms with Gasteiger partial charge in [0, 0.05) is 38.8 Å². The molecule has 0 aromatic carbocycles. The summed E-state index contributed by atoms with van der Waals surface area (Å²) in [7, 11) is 3.95. The van der Waals surface area contributed by atoms with Gasteiger partial charge in [-0.1, -0.05) is 19.8 Å². The Hall–Kier alpha value is -1.85. The number of hydrogen-bond donors (Lipinski definition) is 2. The zero-order valence-corrected chi connectivity index (χ0v) is 15.2. The molecule has 6 heteroatoms. The van der Waals surface area contributed by atoms with Crippen molar-refractivity contribution in [3.63, 3.8) is 0 Å². The summed E-state index contributed by atoms with van der Waals surface area (Å²) < 4.78 is 0. The highest BCUT2D eigenvalue weighted by Gasteiger charge is 2.22. The molecule has 134 valence electrons. The van der Waals surface area contributed by atoms with Crippen molar-refractivity contribution in [1.29, 1.82) is 0 Å². The van der Waals surface area contributed by atoms with Crippen LogP contribution < -0.4 is 15.5 Å². The summed E-state index contributed by atoms with van der Waals surface area (Å²) in [5.41, 5.74) is 0. The number of nitrogens with one attached hydrogen (secondary N) is 2. The van der Waals surface area contributed by atoms with E-state index >= 15 is 0 Å². The average Bonchev–Trinajstić information content (AvgIpc) is 2.57. The van der Waals surface area contributed by atoms with E-state index in [-0.39, 0.29) is 5.91 Å². The number of carbonyl (C=O) groups excluding carboxylic acids is 1. The van der Waals surface area contributed by atoms with E-state index in [4.69, 9.17) is 0 Å². The molecule has 1 aromatic heterocycles. The fraction of sp³-hybridized carbons (Fsp3) is 0.722. The van der Waals surface area contributed by atoms with Gasteiger partial charge in [0.25, 0.3) is 0 Å². The lowest BCUT2D eigenvalue weighted by atomic mass is 9.91. The van der Waals surface area contributed by atoms with Gasteiger partial charge in [0.2, 0.25) is 11.9 Å². The van der Waals surface area contributed by atoms with Crippen LogP contribution in [0.15, 0.2) is 12.3 Å². The van der Waals surface area contributed by atoms with Crippen molar-refractivity contribution < 1.29 is 4.79 Å². The van der Waals surface area contributed by atoms with E-state index in [2.05, 4.69) is 27.5 Å². The Labute approximate surface area is 145 Å². The van der Waals surface area contributed by atoms with E-state index in [9.17, 15) is 4.79 Å². The number of rotatable bonds is 8. The topological polar surface area (TPSA) is 70.2 Å². The Morgan fingerprint density at radius 2 is 1.92 bits per heavy atom. The highest BCUT2D eigenvalue weighted by molar-refractivity contribution is 5.76. The number of aromatic nitrogens is 2. The monoisotopic (exact) mass is 333 g/mol. The van der Waals surface area contributed by atoms with Gasteiger partial charge in [0.15, 0.2) is 0 Å². The van der Waals surface area contributed by atoms with Crippen molar-refractivity contribution in [2.24, 2.45) is 0 Å². The molecule has 2 rings (SSSR count). The zero-order valence-electron chi connectivity index (χ0n) is 15.2. The molecule has 1 aliphatic carbocycles. The van der Waals surface area contributed by atoms with E-state index < -0.39 is 0 Å². The van der Waals surface area contributed by atoms with Gasteiger partial charge in [0.1, 0.15) is 5.82 Å². The summed E-state index contributed by atoms with van der Waals surface area (Å²) >= 11 is 0. The van der Waals surface area contributed by atoms with E-state index in [1.54, 1.807) is 6.20 Å². The summed E-state index contributed by atoms with van der Waals surface area (Å²) in [6, 6.07) is 2.61. The lowest BCUT2D eigenvalue weighted by Gasteiger charge is -2.29. The van der Waals surface area contributed by atoms with Crippen molar-refractivity contribution in [3.05, 3.63) is 12.3 Å². The van der Waals surface area contributed by atoms with Crippen LogP contribution in [0.1, 0.15) is 58.3 Å². The number of nitrogens with zero attached hydrogens (tertiary/aromatic N) is 3. The molecule has 1 aromatic rings. The van der Waals surface area contributed by atoms with Gasteiger partial charge in [-0.2, -0.15) is 4.98 Å². The Morgan fingerprint density at radius 1 is 1.21 bits per heavy atom. The summed E-state index contributed by atoms with van der Waals surface area (Å²) in [6.07, 6.45) is 9.85. The van der Waals surface area contributed by atoms with E-state index in [0.29, 0.717) is 24.5 Å². The zero-order chi connectivity index (χ0) is 17.4. The second kappa shape index (κ2) is 9.45. The molecule has 6 nitrogen and oxygen atoms in total. The summed E-state index contributed by atoms with van der Waals surface area (Å²) in [6.45, 7) is 2.16. The van der Waals surface area contributed by atoms with Gasteiger partial charge in [-0.25, -0.2) is 4.98 Å². The lowest BCUT2D eigenvalue weighted by molar-refractivity contribution is -0.122. The number of amides is 1. The Bertz CT molecular complexity index is 512. The smallest absolute Gasteiger partial charge is 0.224 e. The SMILES string of the molecule is CCCCCC(=O)NC1CCC(Nc2nccc(N(C)C)n2)CC1. The molecule has 1 amide bonds. The van der Waals surface area contributed by atoms with Crippen molar-refractivity contribution >= 4 is 17.7 Å². The molecule has 0 spiro atoms. The predicted octanol–water partition coefficient (Wildman–Crippen LogP) is 2.96. The van der Waals surface area contributed by atoms with E-state index in [1.807, 2.05) is 25.1 Å². The molecule has 1 saturated carbocycles. The number of carbonyl (C=O) groups is 1. The highest BCUT2D eigenvalue weighted by atomic mass is 16.1. The first-order chi connectivity index (χ1) is 11.6. The molecule has 1 fully saturated rings. The van der Waals surface area contributed by atoms with E-state index in [1.165, 1.54) is 0 Å². The second-order valence-electron chi connectivity index (χ2n) is 6.85. The molecule has 24 heavy (non-hydrogen) atoms. The van der Waals surface area contributed by atoms with Gasteiger partial charge in [0.05, 0.1) is 0 Å². The maximum atomic E-state index is 11.9. The molecule has 0 saturated heterocycles. The highest BCUT2D eigenvalue weighted by Crippen LogP contribution is 2.22. The maximum absolute atomic E-state index is 11.9. The normalized spacial score (nSPS) is 20.5. The molecule has 1 heterocycles. The standard InChI is InChI=1S/C18H31N5O/c1-4-5-6-7-17(24)20-14-8-10-15(11-9-14)21-18-19-13-12-16(22-18)23(2)3/h12-15H,4-11H2,1-3H3,(H,20,24)(H,19,21,22). The Morgan fingerprint density at radius 3 is 2.58 bits per heavy atom. The van der Waals surface area contributed by atoms with Crippen LogP contribution in [0.3, 0.4) is 0 Å². The third-order valence-electron chi connectivity index (χ3n) is 4.53. The van der Waals surface area contributed by atoms with Crippen LogP contribution in [0, 0.1) is 0 Å². The number of unbranched alkanes of at least 4 members (excludes halogenated alkanes) is 2. The Kier molecular flexibility index (Phi) is 7.28. The molecule has 0 unspecified atom stereocenters. The molecule has 0 atom stereocenters. The fourth-order valence-corrected chi connectivity index (χ4v) is 3.07. The van der Waals surface area contributed by atoms with Crippen LogP contribution >= 0.6 is 0 Å². The lowest BCUT2D eigenvalue weighted by Crippen LogP contribution is -2.40. The maximum Gasteiger partial charge on any atom is 0.224 e. The minimum Gasteiger partial charge on any atom is -0.363 e. The van der Waals surface area contributed by atoms with Gasteiger partial charge < -0.3 is 15.5 Å². The second-order valence-corrected chi connectivity index (χ2v) is 6.85. The first kappa shape index (κ1) is 18.5. The van der Waals surface area contributed by atoms with Crippen molar-refractivity contribution in [2.45, 2.75) is 70.4 Å².